The maximum atomic E-state index is 13.9. The summed E-state index contributed by atoms with van der Waals surface area (Å²) in [6.45, 7) is 3.97. The first-order valence-corrected chi connectivity index (χ1v) is 11.9. The SMILES string of the molecule is Cc1ccc(N2C(=O)[C@@H]3[C@@H](C2=O)[C@H]2c4ccccc4C=CN2[C@@H]3C(=O)c2cccs2)cc1C. The van der Waals surface area contributed by atoms with Gasteiger partial charge in [0, 0.05) is 6.20 Å². The van der Waals surface area contributed by atoms with E-state index in [1.54, 1.807) is 6.07 Å². The predicted octanol–water partition coefficient (Wildman–Crippen LogP) is 4.76. The van der Waals surface area contributed by atoms with Crippen LogP contribution in [-0.4, -0.2) is 28.5 Å². The van der Waals surface area contributed by atoms with Crippen molar-refractivity contribution in [1.82, 2.24) is 4.90 Å². The van der Waals surface area contributed by atoms with E-state index in [1.807, 2.05) is 84.9 Å². The molecule has 0 unspecified atom stereocenters. The van der Waals surface area contributed by atoms with Crippen LogP contribution < -0.4 is 4.90 Å². The summed E-state index contributed by atoms with van der Waals surface area (Å²) in [5.41, 5.74) is 4.70. The third-order valence-corrected chi connectivity index (χ3v) is 8.13. The molecule has 0 saturated carbocycles. The number of amides is 2. The summed E-state index contributed by atoms with van der Waals surface area (Å²) >= 11 is 1.37. The smallest absolute Gasteiger partial charge is 0.240 e. The van der Waals surface area contributed by atoms with Crippen molar-refractivity contribution in [2.45, 2.75) is 25.9 Å². The molecule has 0 bridgehead atoms. The van der Waals surface area contributed by atoms with E-state index < -0.39 is 17.9 Å². The molecular formula is C27H22N2O3S. The third-order valence-electron chi connectivity index (χ3n) is 7.24. The molecule has 0 radical (unpaired) electrons. The molecule has 3 aliphatic rings. The maximum Gasteiger partial charge on any atom is 0.240 e. The average molecular weight is 455 g/mol. The average Bonchev–Trinajstić information content (AvgIpc) is 3.52. The normalized spacial score (nSPS) is 25.3. The number of rotatable bonds is 3. The zero-order chi connectivity index (χ0) is 22.9. The molecule has 0 aliphatic carbocycles. The Balaban J connectivity index is 1.51. The van der Waals surface area contributed by atoms with Gasteiger partial charge in [0.1, 0.15) is 6.04 Å². The first kappa shape index (κ1) is 20.1. The lowest BCUT2D eigenvalue weighted by Crippen LogP contribution is -2.44. The van der Waals surface area contributed by atoms with E-state index in [0.29, 0.717) is 10.6 Å². The van der Waals surface area contributed by atoms with Crippen LogP contribution in [0.25, 0.3) is 6.08 Å². The van der Waals surface area contributed by atoms with E-state index in [4.69, 9.17) is 0 Å². The summed E-state index contributed by atoms with van der Waals surface area (Å²) < 4.78 is 0. The van der Waals surface area contributed by atoms with Crippen LogP contribution >= 0.6 is 11.3 Å². The fraction of sp³-hybridized carbons (Fsp3) is 0.222. The molecule has 1 aromatic heterocycles. The first-order chi connectivity index (χ1) is 16.0. The van der Waals surface area contributed by atoms with Gasteiger partial charge in [-0.3, -0.25) is 14.4 Å². The maximum absolute atomic E-state index is 13.9. The van der Waals surface area contributed by atoms with E-state index in [0.717, 1.165) is 22.3 Å². The van der Waals surface area contributed by atoms with Gasteiger partial charge < -0.3 is 4.90 Å². The number of fused-ring (bicyclic) bond motifs is 5. The number of imide groups is 1. The number of nitrogens with zero attached hydrogens (tertiary/aromatic N) is 2. The molecule has 2 fully saturated rings. The molecule has 5 nitrogen and oxygen atoms in total. The van der Waals surface area contributed by atoms with Gasteiger partial charge in [0.25, 0.3) is 0 Å². The van der Waals surface area contributed by atoms with Crippen LogP contribution in [0.1, 0.15) is 38.0 Å². The largest absolute Gasteiger partial charge is 0.358 e. The molecule has 0 N–H and O–H groups in total. The molecule has 3 aliphatic heterocycles. The molecule has 6 rings (SSSR count). The number of hydrogen-bond acceptors (Lipinski definition) is 5. The summed E-state index contributed by atoms with van der Waals surface area (Å²) in [5.74, 6) is -1.96. The molecule has 4 heterocycles. The molecule has 0 spiro atoms. The second-order valence-electron chi connectivity index (χ2n) is 8.96. The van der Waals surface area contributed by atoms with Crippen molar-refractivity contribution in [3.63, 3.8) is 0 Å². The van der Waals surface area contributed by atoms with Crippen molar-refractivity contribution in [2.24, 2.45) is 11.8 Å². The Morgan fingerprint density at radius 3 is 2.45 bits per heavy atom. The number of Topliss-reactive ketones (excluding diaryl/α,β-unsaturated/α-hetero) is 1. The number of carbonyl (C=O) groups excluding carboxylic acids is 3. The Bertz CT molecular complexity index is 1340. The molecule has 33 heavy (non-hydrogen) atoms. The fourth-order valence-electron chi connectivity index (χ4n) is 5.54. The van der Waals surface area contributed by atoms with Crippen molar-refractivity contribution < 1.29 is 14.4 Å². The van der Waals surface area contributed by atoms with Gasteiger partial charge in [-0.2, -0.15) is 0 Å². The minimum Gasteiger partial charge on any atom is -0.358 e. The van der Waals surface area contributed by atoms with Crippen LogP contribution in [0, 0.1) is 25.7 Å². The van der Waals surface area contributed by atoms with Gasteiger partial charge in [0.05, 0.1) is 28.4 Å². The summed E-state index contributed by atoms with van der Waals surface area (Å²) in [5, 5.41) is 1.86. The monoisotopic (exact) mass is 454 g/mol. The van der Waals surface area contributed by atoms with E-state index in [2.05, 4.69) is 0 Å². The minimum atomic E-state index is -0.727. The van der Waals surface area contributed by atoms with Crippen molar-refractivity contribution in [3.8, 4) is 0 Å². The molecular weight excluding hydrogens is 432 g/mol. The number of anilines is 1. The van der Waals surface area contributed by atoms with E-state index in [9.17, 15) is 14.4 Å². The summed E-state index contributed by atoms with van der Waals surface area (Å²) in [7, 11) is 0. The molecule has 164 valence electrons. The number of thiophene rings is 1. The molecule has 2 saturated heterocycles. The van der Waals surface area contributed by atoms with Gasteiger partial charge in [-0.1, -0.05) is 36.4 Å². The standard InChI is InChI=1S/C27H22N2O3S/c1-15-9-10-18(14-16(15)2)29-26(31)21-22(27(29)32)24(25(30)20-8-5-13-33-20)28-12-11-17-6-3-4-7-19(17)23(21)28/h3-14,21-24H,1-2H3/t21-,22-,23-,24+/m1/s1. The highest BCUT2D eigenvalue weighted by atomic mass is 32.1. The predicted molar refractivity (Wildman–Crippen MR) is 128 cm³/mol. The molecule has 4 atom stereocenters. The zero-order valence-electron chi connectivity index (χ0n) is 18.3. The Morgan fingerprint density at radius 1 is 0.909 bits per heavy atom. The van der Waals surface area contributed by atoms with Crippen LogP contribution in [0.5, 0.6) is 0 Å². The molecule has 2 amide bonds. The lowest BCUT2D eigenvalue weighted by Gasteiger charge is -2.35. The van der Waals surface area contributed by atoms with Gasteiger partial charge in [0.15, 0.2) is 5.78 Å². The number of hydrogen-bond donors (Lipinski definition) is 0. The highest BCUT2D eigenvalue weighted by molar-refractivity contribution is 7.12. The van der Waals surface area contributed by atoms with Gasteiger partial charge in [-0.05, 0) is 65.8 Å². The topological polar surface area (TPSA) is 57.7 Å². The third kappa shape index (κ3) is 2.80. The van der Waals surface area contributed by atoms with E-state index >= 15 is 0 Å². The second-order valence-corrected chi connectivity index (χ2v) is 9.90. The van der Waals surface area contributed by atoms with E-state index in [1.165, 1.54) is 16.2 Å². The van der Waals surface area contributed by atoms with Gasteiger partial charge in [-0.25, -0.2) is 4.90 Å². The number of carbonyl (C=O) groups is 3. The number of benzene rings is 2. The second kappa shape index (κ2) is 7.25. The van der Waals surface area contributed by atoms with Crippen LogP contribution in [0.4, 0.5) is 5.69 Å². The summed E-state index contributed by atoms with van der Waals surface area (Å²) in [6.07, 6.45) is 3.86. The van der Waals surface area contributed by atoms with Gasteiger partial charge >= 0.3 is 0 Å². The lowest BCUT2D eigenvalue weighted by atomic mass is 9.84. The highest BCUT2D eigenvalue weighted by Gasteiger charge is 2.64. The number of aryl methyl sites for hydroxylation is 2. The van der Waals surface area contributed by atoms with Crippen molar-refractivity contribution in [2.75, 3.05) is 4.90 Å². The minimum absolute atomic E-state index is 0.102. The highest BCUT2D eigenvalue weighted by Crippen LogP contribution is 2.53. The van der Waals surface area contributed by atoms with E-state index in [-0.39, 0.29) is 23.6 Å². The summed E-state index contributed by atoms with van der Waals surface area (Å²) in [4.78, 5) is 45.2. The first-order valence-electron chi connectivity index (χ1n) is 11.0. The molecule has 3 aromatic rings. The summed E-state index contributed by atoms with van der Waals surface area (Å²) in [6, 6.07) is 16.1. The van der Waals surface area contributed by atoms with Crippen LogP contribution in [0.2, 0.25) is 0 Å². The van der Waals surface area contributed by atoms with Crippen molar-refractivity contribution in [1.29, 1.82) is 0 Å². The Hall–Kier alpha value is -3.51. The van der Waals surface area contributed by atoms with Crippen molar-refractivity contribution in [3.05, 3.63) is 93.3 Å². The number of ketones is 1. The Labute approximate surface area is 195 Å². The van der Waals surface area contributed by atoms with Crippen LogP contribution in [0.3, 0.4) is 0 Å². The molecule has 6 heteroatoms. The van der Waals surface area contributed by atoms with Gasteiger partial charge in [-0.15, -0.1) is 11.3 Å². The Kier molecular flexibility index (Phi) is 4.42. The fourth-order valence-corrected chi connectivity index (χ4v) is 6.24. The quantitative estimate of drug-likeness (QED) is 0.423. The van der Waals surface area contributed by atoms with Crippen LogP contribution in [-0.2, 0) is 9.59 Å². The van der Waals surface area contributed by atoms with Crippen LogP contribution in [0.15, 0.2) is 66.2 Å². The lowest BCUT2D eigenvalue weighted by molar-refractivity contribution is -0.123. The van der Waals surface area contributed by atoms with Crippen molar-refractivity contribution >= 4 is 40.7 Å². The zero-order valence-corrected chi connectivity index (χ0v) is 19.1. The van der Waals surface area contributed by atoms with Gasteiger partial charge in [0.2, 0.25) is 11.8 Å². The Morgan fingerprint density at radius 2 is 1.70 bits per heavy atom. The molecule has 2 aromatic carbocycles.